The second kappa shape index (κ2) is 8.36. The number of methoxy groups -OCH3 is 1. The minimum absolute atomic E-state index is 0.0537. The first kappa shape index (κ1) is 22.0. The predicted molar refractivity (Wildman–Crippen MR) is 121 cm³/mol. The number of phenolic OH excluding ortho intramolecular Hbond substituents is 1. The Morgan fingerprint density at radius 2 is 1.41 bits per heavy atom. The van der Waals surface area contributed by atoms with Crippen molar-refractivity contribution in [3.63, 3.8) is 0 Å². The Morgan fingerprint density at radius 1 is 0.781 bits per heavy atom. The fourth-order valence-electron chi connectivity index (χ4n) is 3.62. The van der Waals surface area contributed by atoms with Crippen LogP contribution in [0.4, 0.5) is 11.4 Å². The molecule has 0 radical (unpaired) electrons. The number of aryl methyl sites for hydroxylation is 2. The van der Waals surface area contributed by atoms with Gasteiger partial charge in [-0.15, -0.1) is 0 Å². The Hall–Kier alpha value is -3.24. The van der Waals surface area contributed by atoms with Crippen molar-refractivity contribution in [3.8, 4) is 11.5 Å². The van der Waals surface area contributed by atoms with Crippen molar-refractivity contribution in [2.45, 2.75) is 29.1 Å². The van der Waals surface area contributed by atoms with Crippen LogP contribution in [0.25, 0.3) is 0 Å². The normalized spacial score (nSPS) is 13.4. The molecule has 0 heterocycles. The molecule has 32 heavy (non-hydrogen) atoms. The molecule has 0 aromatic heterocycles. The molecule has 0 atom stereocenters. The fraction of sp³-hybridized carbons (Fsp3) is 0.182. The number of nitrogens with one attached hydrogen (secondary N) is 2. The van der Waals surface area contributed by atoms with Crippen LogP contribution in [-0.4, -0.2) is 29.1 Å². The third-order valence-electron chi connectivity index (χ3n) is 5.25. The summed E-state index contributed by atoms with van der Waals surface area (Å²) in [6, 6.07) is 14.8. The smallest absolute Gasteiger partial charge is 0.262 e. The average Bonchev–Trinajstić information content (AvgIpc) is 3.23. The monoisotopic (exact) mass is 474 g/mol. The molecule has 0 amide bonds. The number of phenols is 1. The third-order valence-corrected chi connectivity index (χ3v) is 7.98. The number of rotatable bonds is 7. The second-order valence-corrected chi connectivity index (χ2v) is 10.7. The number of para-hydroxylation sites is 2. The zero-order valence-corrected chi connectivity index (χ0v) is 18.8. The highest BCUT2D eigenvalue weighted by Crippen LogP contribution is 2.32. The van der Waals surface area contributed by atoms with Gasteiger partial charge in [0.15, 0.2) is 0 Å². The standard InChI is InChI=1S/C22H22N2O6S2/c1-30-22-8-3-2-7-19(22)23-32(28,29)18-11-12-21(25)20(14-18)24-31(26,27)17-10-9-15-5-4-6-16(15)13-17/h2-3,7-14,23-25H,4-6H2,1H3. The third kappa shape index (κ3) is 4.37. The van der Waals surface area contributed by atoms with Crippen molar-refractivity contribution in [3.05, 3.63) is 71.8 Å². The number of fused-ring (bicyclic) bond motifs is 1. The lowest BCUT2D eigenvalue weighted by molar-refractivity contribution is 0.417. The average molecular weight is 475 g/mol. The molecular weight excluding hydrogens is 452 g/mol. The molecule has 0 aliphatic heterocycles. The second-order valence-electron chi connectivity index (χ2n) is 7.37. The molecule has 0 bridgehead atoms. The summed E-state index contributed by atoms with van der Waals surface area (Å²) in [5.74, 6) is -0.0710. The minimum atomic E-state index is -4.09. The highest BCUT2D eigenvalue weighted by atomic mass is 32.2. The lowest BCUT2D eigenvalue weighted by Gasteiger charge is -2.14. The summed E-state index contributed by atoms with van der Waals surface area (Å²) in [6.45, 7) is 0. The summed E-state index contributed by atoms with van der Waals surface area (Å²) >= 11 is 0. The van der Waals surface area contributed by atoms with Crippen LogP contribution in [0.2, 0.25) is 0 Å². The van der Waals surface area contributed by atoms with Crippen LogP contribution in [0, 0.1) is 0 Å². The minimum Gasteiger partial charge on any atom is -0.506 e. The Labute approximate surface area is 187 Å². The molecular formula is C22H22N2O6S2. The van der Waals surface area contributed by atoms with Gasteiger partial charge in [-0.3, -0.25) is 9.44 Å². The maximum absolute atomic E-state index is 12.9. The molecule has 8 nitrogen and oxygen atoms in total. The van der Waals surface area contributed by atoms with Gasteiger partial charge in [0.25, 0.3) is 20.0 Å². The zero-order chi connectivity index (χ0) is 22.9. The topological polar surface area (TPSA) is 122 Å². The number of hydrogen-bond acceptors (Lipinski definition) is 6. The molecule has 0 fully saturated rings. The SMILES string of the molecule is COc1ccccc1NS(=O)(=O)c1ccc(O)c(NS(=O)(=O)c2ccc3c(c2)CCC3)c1. The number of anilines is 2. The van der Waals surface area contributed by atoms with Gasteiger partial charge >= 0.3 is 0 Å². The summed E-state index contributed by atoms with van der Waals surface area (Å²) in [5.41, 5.74) is 2.09. The van der Waals surface area contributed by atoms with E-state index in [9.17, 15) is 21.9 Å². The van der Waals surface area contributed by atoms with Crippen LogP contribution in [0.15, 0.2) is 70.5 Å². The van der Waals surface area contributed by atoms with Gasteiger partial charge in [-0.05, 0) is 72.9 Å². The Balaban J connectivity index is 1.64. The lowest BCUT2D eigenvalue weighted by atomic mass is 10.1. The molecule has 168 valence electrons. The van der Waals surface area contributed by atoms with E-state index in [4.69, 9.17) is 4.74 Å². The summed E-state index contributed by atoms with van der Waals surface area (Å²) in [7, 11) is -6.71. The van der Waals surface area contributed by atoms with Crippen molar-refractivity contribution >= 4 is 31.4 Å². The van der Waals surface area contributed by atoms with Crippen LogP contribution in [-0.2, 0) is 32.9 Å². The number of sulfonamides is 2. The lowest BCUT2D eigenvalue weighted by Crippen LogP contribution is -2.16. The van der Waals surface area contributed by atoms with Gasteiger partial charge in [0, 0.05) is 0 Å². The van der Waals surface area contributed by atoms with Gasteiger partial charge in [-0.2, -0.15) is 0 Å². The number of aromatic hydroxyl groups is 1. The summed E-state index contributed by atoms with van der Waals surface area (Å²) in [6.07, 6.45) is 2.71. The van der Waals surface area contributed by atoms with Crippen molar-refractivity contribution < 1.29 is 26.7 Å². The molecule has 4 rings (SSSR count). The molecule has 10 heteroatoms. The van der Waals surface area contributed by atoms with Gasteiger partial charge in [0.1, 0.15) is 11.5 Å². The molecule has 1 aliphatic rings. The highest BCUT2D eigenvalue weighted by Gasteiger charge is 2.22. The fourth-order valence-corrected chi connectivity index (χ4v) is 5.83. The Morgan fingerprint density at radius 3 is 2.16 bits per heavy atom. The first-order valence-electron chi connectivity index (χ1n) is 9.83. The Kier molecular flexibility index (Phi) is 5.74. The largest absolute Gasteiger partial charge is 0.506 e. The summed E-state index contributed by atoms with van der Waals surface area (Å²) in [4.78, 5) is -0.175. The van der Waals surface area contributed by atoms with E-state index < -0.39 is 25.8 Å². The molecule has 3 aromatic rings. The molecule has 0 spiro atoms. The van der Waals surface area contributed by atoms with Crippen molar-refractivity contribution in [1.29, 1.82) is 0 Å². The van der Waals surface area contributed by atoms with E-state index >= 15 is 0 Å². The van der Waals surface area contributed by atoms with Crippen molar-refractivity contribution in [2.75, 3.05) is 16.6 Å². The van der Waals surface area contributed by atoms with Crippen molar-refractivity contribution in [2.24, 2.45) is 0 Å². The van der Waals surface area contributed by atoms with Gasteiger partial charge in [0.2, 0.25) is 0 Å². The molecule has 3 N–H and O–H groups in total. The van der Waals surface area contributed by atoms with Crippen LogP contribution < -0.4 is 14.2 Å². The molecule has 0 unspecified atom stereocenters. The molecule has 3 aromatic carbocycles. The van der Waals surface area contributed by atoms with E-state index in [2.05, 4.69) is 9.44 Å². The maximum atomic E-state index is 12.9. The van der Waals surface area contributed by atoms with Gasteiger partial charge in [-0.1, -0.05) is 18.2 Å². The van der Waals surface area contributed by atoms with Gasteiger partial charge < -0.3 is 9.84 Å². The van der Waals surface area contributed by atoms with Gasteiger partial charge in [-0.25, -0.2) is 16.8 Å². The zero-order valence-electron chi connectivity index (χ0n) is 17.2. The Bertz CT molecular complexity index is 1390. The number of hydrogen-bond donors (Lipinski definition) is 3. The van der Waals surface area contributed by atoms with Crippen LogP contribution >= 0.6 is 0 Å². The number of benzene rings is 3. The van der Waals surface area contributed by atoms with E-state index in [1.165, 1.54) is 25.3 Å². The van der Waals surface area contributed by atoms with Gasteiger partial charge in [0.05, 0.1) is 28.3 Å². The first-order valence-corrected chi connectivity index (χ1v) is 12.8. The summed E-state index contributed by atoms with van der Waals surface area (Å²) in [5, 5.41) is 10.2. The van der Waals surface area contributed by atoms with E-state index in [-0.39, 0.29) is 21.2 Å². The van der Waals surface area contributed by atoms with E-state index in [1.807, 2.05) is 0 Å². The maximum Gasteiger partial charge on any atom is 0.262 e. The van der Waals surface area contributed by atoms with Crippen molar-refractivity contribution in [1.82, 2.24) is 0 Å². The van der Waals surface area contributed by atoms with Crippen LogP contribution in [0.1, 0.15) is 17.5 Å². The number of ether oxygens (including phenoxy) is 1. The first-order chi connectivity index (χ1) is 15.2. The molecule has 1 aliphatic carbocycles. The van der Waals surface area contributed by atoms with E-state index in [0.29, 0.717) is 5.75 Å². The highest BCUT2D eigenvalue weighted by molar-refractivity contribution is 7.93. The quantitative estimate of drug-likeness (QED) is 0.451. The molecule has 0 saturated heterocycles. The molecule has 0 saturated carbocycles. The predicted octanol–water partition coefficient (Wildman–Crippen LogP) is 3.49. The van der Waals surface area contributed by atoms with Crippen LogP contribution in [0.5, 0.6) is 11.5 Å². The van der Waals surface area contributed by atoms with E-state index in [1.54, 1.807) is 30.3 Å². The van der Waals surface area contributed by atoms with E-state index in [0.717, 1.165) is 42.5 Å². The summed E-state index contributed by atoms with van der Waals surface area (Å²) < 4.78 is 61.4. The van der Waals surface area contributed by atoms with Crippen LogP contribution in [0.3, 0.4) is 0 Å².